The van der Waals surface area contributed by atoms with Crippen LogP contribution in [0.4, 0.5) is 0 Å². The minimum atomic E-state index is -0.457. The second-order valence-electron chi connectivity index (χ2n) is 6.80. The van der Waals surface area contributed by atoms with Crippen molar-refractivity contribution in [3.63, 3.8) is 0 Å². The molecule has 26 heavy (non-hydrogen) atoms. The molecule has 0 saturated carbocycles. The van der Waals surface area contributed by atoms with E-state index in [1.54, 1.807) is 9.80 Å². The van der Waals surface area contributed by atoms with Crippen LogP contribution in [0.25, 0.3) is 10.9 Å². The van der Waals surface area contributed by atoms with E-state index < -0.39 is 6.04 Å². The number of benzene rings is 1. The zero-order chi connectivity index (χ0) is 18.0. The van der Waals surface area contributed by atoms with Crippen LogP contribution in [0.1, 0.15) is 30.8 Å². The number of piperazine rings is 1. The van der Waals surface area contributed by atoms with Gasteiger partial charge in [-0.25, -0.2) is 0 Å². The number of hydrogen-bond donors (Lipinski definition) is 2. The van der Waals surface area contributed by atoms with E-state index in [1.165, 1.54) is 0 Å². The fourth-order valence-corrected chi connectivity index (χ4v) is 3.20. The molecule has 1 fully saturated rings. The van der Waals surface area contributed by atoms with E-state index in [0.29, 0.717) is 31.9 Å². The van der Waals surface area contributed by atoms with Crippen LogP contribution in [0.3, 0.4) is 0 Å². The SMILES string of the molecule is CCC(C)C(N)C(=O)N1CCN(C(=O)c2cc3ccccc3[nH]2)CC1.Cl. The summed E-state index contributed by atoms with van der Waals surface area (Å²) in [6.45, 7) is 6.18. The molecule has 3 rings (SSSR count). The Morgan fingerprint density at radius 3 is 2.38 bits per heavy atom. The Labute approximate surface area is 160 Å². The zero-order valence-corrected chi connectivity index (χ0v) is 16.1. The zero-order valence-electron chi connectivity index (χ0n) is 15.3. The van der Waals surface area contributed by atoms with Crippen molar-refractivity contribution in [3.8, 4) is 0 Å². The highest BCUT2D eigenvalue weighted by molar-refractivity contribution is 5.98. The highest BCUT2D eigenvalue weighted by atomic mass is 35.5. The number of aromatic amines is 1. The molecular formula is C19H27ClN4O2. The first-order valence-electron chi connectivity index (χ1n) is 8.92. The largest absolute Gasteiger partial charge is 0.351 e. The average molecular weight is 379 g/mol. The second kappa shape index (κ2) is 8.56. The van der Waals surface area contributed by atoms with Gasteiger partial charge in [0.1, 0.15) is 5.69 Å². The highest BCUT2D eigenvalue weighted by Crippen LogP contribution is 2.17. The van der Waals surface area contributed by atoms with E-state index in [9.17, 15) is 9.59 Å². The Hall–Kier alpha value is -2.05. The summed E-state index contributed by atoms with van der Waals surface area (Å²) in [5, 5.41) is 1.03. The van der Waals surface area contributed by atoms with Gasteiger partial charge in [-0.3, -0.25) is 9.59 Å². The van der Waals surface area contributed by atoms with Crippen LogP contribution in [0.5, 0.6) is 0 Å². The van der Waals surface area contributed by atoms with Crippen molar-refractivity contribution in [2.75, 3.05) is 26.2 Å². The van der Waals surface area contributed by atoms with Crippen LogP contribution in [-0.4, -0.2) is 58.8 Å². The van der Waals surface area contributed by atoms with Crippen molar-refractivity contribution in [1.29, 1.82) is 0 Å². The Bertz CT molecular complexity index is 735. The molecule has 0 bridgehead atoms. The van der Waals surface area contributed by atoms with Gasteiger partial charge in [0, 0.05) is 37.1 Å². The van der Waals surface area contributed by atoms with Crippen LogP contribution in [0.15, 0.2) is 30.3 Å². The fourth-order valence-electron chi connectivity index (χ4n) is 3.20. The Kier molecular flexibility index (Phi) is 6.67. The maximum Gasteiger partial charge on any atom is 0.270 e. The van der Waals surface area contributed by atoms with Crippen molar-refractivity contribution in [2.24, 2.45) is 11.7 Å². The summed E-state index contributed by atoms with van der Waals surface area (Å²) in [6.07, 6.45) is 0.881. The van der Waals surface area contributed by atoms with Gasteiger partial charge >= 0.3 is 0 Å². The van der Waals surface area contributed by atoms with Crippen molar-refractivity contribution in [3.05, 3.63) is 36.0 Å². The molecule has 0 radical (unpaired) electrons. The van der Waals surface area contributed by atoms with Crippen molar-refractivity contribution >= 4 is 35.1 Å². The van der Waals surface area contributed by atoms with E-state index in [-0.39, 0.29) is 30.1 Å². The average Bonchev–Trinajstić information content (AvgIpc) is 3.10. The number of hydrogen-bond acceptors (Lipinski definition) is 3. The molecule has 7 heteroatoms. The number of nitrogens with zero attached hydrogens (tertiary/aromatic N) is 2. The number of para-hydroxylation sites is 1. The van der Waals surface area contributed by atoms with E-state index in [1.807, 2.05) is 44.2 Å². The van der Waals surface area contributed by atoms with Crippen LogP contribution < -0.4 is 5.73 Å². The molecule has 2 atom stereocenters. The molecule has 0 aliphatic carbocycles. The minimum absolute atomic E-state index is 0. The summed E-state index contributed by atoms with van der Waals surface area (Å²) in [7, 11) is 0. The minimum Gasteiger partial charge on any atom is -0.351 e. The van der Waals surface area contributed by atoms with Crippen molar-refractivity contribution in [1.82, 2.24) is 14.8 Å². The third-order valence-electron chi connectivity index (χ3n) is 5.18. The number of halogens is 1. The Morgan fingerprint density at radius 2 is 1.77 bits per heavy atom. The van der Waals surface area contributed by atoms with Crippen molar-refractivity contribution < 1.29 is 9.59 Å². The van der Waals surface area contributed by atoms with Gasteiger partial charge in [0.25, 0.3) is 5.91 Å². The normalized spacial score (nSPS) is 16.9. The molecule has 6 nitrogen and oxygen atoms in total. The van der Waals surface area contributed by atoms with Gasteiger partial charge in [0.15, 0.2) is 0 Å². The lowest BCUT2D eigenvalue weighted by Crippen LogP contribution is -2.55. The van der Waals surface area contributed by atoms with Gasteiger partial charge in [0.05, 0.1) is 6.04 Å². The molecule has 2 unspecified atom stereocenters. The lowest BCUT2D eigenvalue weighted by Gasteiger charge is -2.36. The van der Waals surface area contributed by atoms with E-state index >= 15 is 0 Å². The molecule has 1 aromatic carbocycles. The summed E-state index contributed by atoms with van der Waals surface area (Å²) >= 11 is 0. The molecule has 2 aromatic rings. The van der Waals surface area contributed by atoms with E-state index in [4.69, 9.17) is 5.73 Å². The first-order valence-corrected chi connectivity index (χ1v) is 8.92. The molecule has 1 aliphatic heterocycles. The lowest BCUT2D eigenvalue weighted by atomic mass is 9.98. The quantitative estimate of drug-likeness (QED) is 0.855. The summed E-state index contributed by atoms with van der Waals surface area (Å²) in [6, 6.07) is 9.26. The van der Waals surface area contributed by atoms with Crippen LogP contribution in [-0.2, 0) is 4.79 Å². The van der Waals surface area contributed by atoms with Gasteiger partial charge in [0.2, 0.25) is 5.91 Å². The van der Waals surface area contributed by atoms with Crippen LogP contribution >= 0.6 is 12.4 Å². The molecule has 1 aliphatic rings. The Balaban J connectivity index is 0.00000243. The number of aromatic nitrogens is 1. The molecular weight excluding hydrogens is 352 g/mol. The predicted octanol–water partition coefficient (Wildman–Crippen LogP) is 2.25. The molecule has 2 heterocycles. The number of fused-ring (bicyclic) bond motifs is 1. The number of amides is 2. The standard InChI is InChI=1S/C19H26N4O2.ClH/c1-3-13(2)17(20)19(25)23-10-8-22(9-11-23)18(24)16-12-14-6-4-5-7-15(14)21-16;/h4-7,12-13,17,21H,3,8-11,20H2,1-2H3;1H. The summed E-state index contributed by atoms with van der Waals surface area (Å²) < 4.78 is 0. The molecule has 1 aromatic heterocycles. The number of carbonyl (C=O) groups is 2. The highest BCUT2D eigenvalue weighted by Gasteiger charge is 2.29. The molecule has 1 saturated heterocycles. The number of nitrogens with one attached hydrogen (secondary N) is 1. The third kappa shape index (κ3) is 4.02. The smallest absolute Gasteiger partial charge is 0.270 e. The van der Waals surface area contributed by atoms with Gasteiger partial charge in [-0.2, -0.15) is 0 Å². The second-order valence-corrected chi connectivity index (χ2v) is 6.80. The van der Waals surface area contributed by atoms with Gasteiger partial charge in [-0.05, 0) is 18.1 Å². The van der Waals surface area contributed by atoms with E-state index in [0.717, 1.165) is 17.3 Å². The summed E-state index contributed by atoms with van der Waals surface area (Å²) in [4.78, 5) is 31.9. The summed E-state index contributed by atoms with van der Waals surface area (Å²) in [5.41, 5.74) is 7.61. The number of rotatable bonds is 4. The van der Waals surface area contributed by atoms with Crippen molar-refractivity contribution in [2.45, 2.75) is 26.3 Å². The monoisotopic (exact) mass is 378 g/mol. The van der Waals surface area contributed by atoms with Crippen LogP contribution in [0, 0.1) is 5.92 Å². The summed E-state index contributed by atoms with van der Waals surface area (Å²) in [5.74, 6) is 0.139. The first kappa shape index (κ1) is 20.3. The number of H-pyrrole nitrogens is 1. The Morgan fingerprint density at radius 1 is 1.15 bits per heavy atom. The van der Waals surface area contributed by atoms with Gasteiger partial charge in [-0.1, -0.05) is 38.5 Å². The lowest BCUT2D eigenvalue weighted by molar-refractivity contribution is -0.135. The number of carbonyl (C=O) groups excluding carboxylic acids is 2. The van der Waals surface area contributed by atoms with E-state index in [2.05, 4.69) is 4.98 Å². The first-order chi connectivity index (χ1) is 12.0. The maximum absolute atomic E-state index is 12.7. The molecule has 3 N–H and O–H groups in total. The molecule has 2 amide bonds. The maximum atomic E-state index is 12.7. The molecule has 0 spiro atoms. The topological polar surface area (TPSA) is 82.4 Å². The number of nitrogens with two attached hydrogens (primary N) is 1. The van der Waals surface area contributed by atoms with Gasteiger partial charge in [-0.15, -0.1) is 12.4 Å². The molecule has 142 valence electrons. The van der Waals surface area contributed by atoms with Crippen LogP contribution in [0.2, 0.25) is 0 Å². The van der Waals surface area contributed by atoms with Gasteiger partial charge < -0.3 is 20.5 Å². The predicted molar refractivity (Wildman–Crippen MR) is 105 cm³/mol. The fraction of sp³-hybridized carbons (Fsp3) is 0.474. The third-order valence-corrected chi connectivity index (χ3v) is 5.18.